The lowest BCUT2D eigenvalue weighted by atomic mass is 9.88. The van der Waals surface area contributed by atoms with Gasteiger partial charge < -0.3 is 14.6 Å². The van der Waals surface area contributed by atoms with Gasteiger partial charge in [-0.15, -0.1) is 0 Å². The van der Waals surface area contributed by atoms with Crippen LogP contribution in [0.1, 0.15) is 18.4 Å². The molecule has 1 aliphatic rings. The Kier molecular flexibility index (Phi) is 3.50. The summed E-state index contributed by atoms with van der Waals surface area (Å²) in [6.07, 6.45) is 0. The third-order valence-corrected chi connectivity index (χ3v) is 2.95. The van der Waals surface area contributed by atoms with Crippen LogP contribution in [-0.2, 0) is 14.3 Å². The smallest absolute Gasteiger partial charge is 0.321 e. The maximum atomic E-state index is 11.3. The van der Waals surface area contributed by atoms with Gasteiger partial charge in [-0.05, 0) is 24.6 Å². The highest BCUT2D eigenvalue weighted by Gasteiger charge is 2.43. The average Bonchev–Trinajstić information content (AvgIpc) is 2.73. The second-order valence-electron chi connectivity index (χ2n) is 4.05. The predicted octanol–water partition coefficient (Wildman–Crippen LogP) is 1.43. The Bertz CT molecular complexity index is 451. The summed E-state index contributed by atoms with van der Waals surface area (Å²) in [4.78, 5) is 22.4. The fraction of sp³-hybridized carbons (Fsp3) is 0.385. The average molecular weight is 250 g/mol. The minimum atomic E-state index is -1.14. The van der Waals surface area contributed by atoms with Crippen molar-refractivity contribution >= 4 is 11.9 Å². The number of cyclic esters (lactones) is 1. The van der Waals surface area contributed by atoms with Crippen molar-refractivity contribution in [3.8, 4) is 5.75 Å². The Morgan fingerprint density at radius 3 is 2.67 bits per heavy atom. The highest BCUT2D eigenvalue weighted by molar-refractivity contribution is 5.96. The van der Waals surface area contributed by atoms with Gasteiger partial charge in [-0.25, -0.2) is 0 Å². The van der Waals surface area contributed by atoms with Crippen molar-refractivity contribution in [2.24, 2.45) is 5.92 Å². The van der Waals surface area contributed by atoms with Crippen LogP contribution in [0.3, 0.4) is 0 Å². The fourth-order valence-corrected chi connectivity index (χ4v) is 2.06. The van der Waals surface area contributed by atoms with Crippen LogP contribution in [0.2, 0.25) is 0 Å². The van der Waals surface area contributed by atoms with E-state index in [9.17, 15) is 9.59 Å². The topological polar surface area (TPSA) is 72.8 Å². The van der Waals surface area contributed by atoms with Gasteiger partial charge in [0.25, 0.3) is 0 Å². The first-order chi connectivity index (χ1) is 8.63. The van der Waals surface area contributed by atoms with Crippen LogP contribution in [0.4, 0.5) is 0 Å². The molecule has 0 saturated carbocycles. The van der Waals surface area contributed by atoms with E-state index in [0.717, 1.165) is 11.3 Å². The molecule has 1 fully saturated rings. The fourth-order valence-electron chi connectivity index (χ4n) is 2.06. The molecule has 0 aliphatic carbocycles. The number of carboxylic acid groups (broad SMARTS) is 1. The molecule has 5 nitrogen and oxygen atoms in total. The molecule has 0 aromatic heterocycles. The van der Waals surface area contributed by atoms with Gasteiger partial charge in [0.1, 0.15) is 5.75 Å². The molecule has 1 saturated heterocycles. The number of esters is 1. The monoisotopic (exact) mass is 250 g/mol. The van der Waals surface area contributed by atoms with Gasteiger partial charge in [-0.2, -0.15) is 0 Å². The Morgan fingerprint density at radius 2 is 2.11 bits per heavy atom. The highest BCUT2D eigenvalue weighted by atomic mass is 16.5. The van der Waals surface area contributed by atoms with Gasteiger partial charge >= 0.3 is 11.9 Å². The molecule has 2 rings (SSSR count). The number of hydrogen-bond acceptors (Lipinski definition) is 4. The van der Waals surface area contributed by atoms with E-state index in [1.54, 1.807) is 24.3 Å². The van der Waals surface area contributed by atoms with Crippen molar-refractivity contribution < 1.29 is 24.2 Å². The lowest BCUT2D eigenvalue weighted by Crippen LogP contribution is -2.24. The van der Waals surface area contributed by atoms with Crippen molar-refractivity contribution in [2.75, 3.05) is 13.2 Å². The molecule has 0 radical (unpaired) electrons. The zero-order chi connectivity index (χ0) is 13.1. The molecule has 1 N–H and O–H groups in total. The van der Waals surface area contributed by atoms with Gasteiger partial charge in [0.15, 0.2) is 5.92 Å². The normalized spacial score (nSPS) is 22.6. The molecule has 2 atom stereocenters. The van der Waals surface area contributed by atoms with Crippen LogP contribution in [-0.4, -0.2) is 30.3 Å². The zero-order valence-corrected chi connectivity index (χ0v) is 9.96. The van der Waals surface area contributed by atoms with E-state index < -0.39 is 23.8 Å². The van der Waals surface area contributed by atoms with Crippen LogP contribution in [0.25, 0.3) is 0 Å². The predicted molar refractivity (Wildman–Crippen MR) is 62.4 cm³/mol. The summed E-state index contributed by atoms with van der Waals surface area (Å²) in [7, 11) is 0. The minimum Gasteiger partial charge on any atom is -0.494 e. The molecule has 5 heteroatoms. The third kappa shape index (κ3) is 2.30. The van der Waals surface area contributed by atoms with Crippen LogP contribution in [0, 0.1) is 5.92 Å². The zero-order valence-electron chi connectivity index (χ0n) is 9.96. The van der Waals surface area contributed by atoms with E-state index in [0.29, 0.717) is 6.61 Å². The number of rotatable bonds is 4. The molecule has 18 heavy (non-hydrogen) atoms. The van der Waals surface area contributed by atoms with Crippen LogP contribution in [0.15, 0.2) is 24.3 Å². The number of aliphatic carboxylic acids is 1. The molecule has 1 heterocycles. The standard InChI is InChI=1S/C13H14O5/c1-2-17-9-5-3-8(4-6-9)10-7-18-13(16)11(10)12(14)15/h3-6,10-11H,2,7H2,1H3,(H,14,15)/t10-,11-/m0/s1. The van der Waals surface area contributed by atoms with Crippen molar-refractivity contribution in [3.63, 3.8) is 0 Å². The van der Waals surface area contributed by atoms with Crippen LogP contribution in [0.5, 0.6) is 5.75 Å². The Balaban J connectivity index is 2.20. The Labute approximate surface area is 104 Å². The summed E-state index contributed by atoms with van der Waals surface area (Å²) in [5.41, 5.74) is 0.775. The first-order valence-electron chi connectivity index (χ1n) is 5.75. The van der Waals surface area contributed by atoms with E-state index >= 15 is 0 Å². The lowest BCUT2D eigenvalue weighted by Gasteiger charge is -2.12. The van der Waals surface area contributed by atoms with Crippen molar-refractivity contribution in [2.45, 2.75) is 12.8 Å². The highest BCUT2D eigenvalue weighted by Crippen LogP contribution is 2.32. The summed E-state index contributed by atoms with van der Waals surface area (Å²) in [5, 5.41) is 9.03. The van der Waals surface area contributed by atoms with E-state index in [1.807, 2.05) is 6.92 Å². The van der Waals surface area contributed by atoms with Gasteiger partial charge in [-0.1, -0.05) is 12.1 Å². The number of carboxylic acids is 1. The number of carbonyl (C=O) groups excluding carboxylic acids is 1. The van der Waals surface area contributed by atoms with Gasteiger partial charge in [0, 0.05) is 5.92 Å². The van der Waals surface area contributed by atoms with Crippen molar-refractivity contribution in [1.29, 1.82) is 0 Å². The molecular weight excluding hydrogens is 236 g/mol. The van der Waals surface area contributed by atoms with Gasteiger partial charge in [-0.3, -0.25) is 9.59 Å². The van der Waals surface area contributed by atoms with Crippen LogP contribution < -0.4 is 4.74 Å². The molecule has 1 aromatic rings. The Morgan fingerprint density at radius 1 is 1.44 bits per heavy atom. The number of benzene rings is 1. The third-order valence-electron chi connectivity index (χ3n) is 2.95. The van der Waals surface area contributed by atoms with Crippen molar-refractivity contribution in [1.82, 2.24) is 0 Å². The van der Waals surface area contributed by atoms with Crippen molar-refractivity contribution in [3.05, 3.63) is 29.8 Å². The lowest BCUT2D eigenvalue weighted by molar-refractivity contribution is -0.152. The van der Waals surface area contributed by atoms with Gasteiger partial charge in [0.05, 0.1) is 13.2 Å². The number of carbonyl (C=O) groups is 2. The maximum absolute atomic E-state index is 11.3. The second kappa shape index (κ2) is 5.08. The molecule has 1 aromatic carbocycles. The number of hydrogen-bond donors (Lipinski definition) is 1. The largest absolute Gasteiger partial charge is 0.494 e. The molecule has 0 spiro atoms. The van der Waals surface area contributed by atoms with Crippen LogP contribution >= 0.6 is 0 Å². The first kappa shape index (κ1) is 12.4. The molecule has 0 amide bonds. The van der Waals surface area contributed by atoms with Gasteiger partial charge in [0.2, 0.25) is 0 Å². The maximum Gasteiger partial charge on any atom is 0.321 e. The van der Waals surface area contributed by atoms with E-state index in [2.05, 4.69) is 0 Å². The summed E-state index contributed by atoms with van der Waals surface area (Å²) < 4.78 is 10.1. The summed E-state index contributed by atoms with van der Waals surface area (Å²) in [6.45, 7) is 2.57. The molecule has 96 valence electrons. The quantitative estimate of drug-likeness (QED) is 0.646. The Hall–Kier alpha value is -2.04. The molecule has 0 bridgehead atoms. The summed E-state index contributed by atoms with van der Waals surface area (Å²) in [6, 6.07) is 7.07. The summed E-state index contributed by atoms with van der Waals surface area (Å²) in [5.74, 6) is -2.62. The summed E-state index contributed by atoms with van der Waals surface area (Å²) >= 11 is 0. The first-order valence-corrected chi connectivity index (χ1v) is 5.75. The molecule has 1 aliphatic heterocycles. The minimum absolute atomic E-state index is 0.115. The SMILES string of the molecule is CCOc1ccc([C@@H]2COC(=O)[C@@H]2C(=O)O)cc1. The second-order valence-corrected chi connectivity index (χ2v) is 4.05. The van der Waals surface area contributed by atoms with E-state index in [4.69, 9.17) is 14.6 Å². The van der Waals surface area contributed by atoms with E-state index in [-0.39, 0.29) is 6.61 Å². The molecular formula is C13H14O5. The van der Waals surface area contributed by atoms with E-state index in [1.165, 1.54) is 0 Å². The number of ether oxygens (including phenoxy) is 2. The molecule has 0 unspecified atom stereocenters.